The molecule has 2 aromatic rings. The molecule has 96 valence electrons. The predicted octanol–water partition coefficient (Wildman–Crippen LogP) is 3.35. The Bertz CT molecular complexity index is 671. The Kier molecular flexibility index (Phi) is 3.33. The van der Waals surface area contributed by atoms with Gasteiger partial charge in [-0.15, -0.1) is 0 Å². The van der Waals surface area contributed by atoms with Gasteiger partial charge in [-0.1, -0.05) is 18.2 Å². The van der Waals surface area contributed by atoms with E-state index in [1.54, 1.807) is 0 Å². The Labute approximate surface area is 106 Å². The number of nitro benzene ring substituents is 1. The third-order valence-electron chi connectivity index (χ3n) is 2.60. The summed E-state index contributed by atoms with van der Waals surface area (Å²) in [4.78, 5) is 20.6. The van der Waals surface area contributed by atoms with Crippen LogP contribution in [0.5, 0.6) is 0 Å². The molecule has 0 aromatic heterocycles. The lowest BCUT2D eigenvalue weighted by Gasteiger charge is -2.06. The standard InChI is InChI=1S/C13H7F2NO3/c14-11-4-2-1-3-9(11)10-5-8(7-17)13(16(18)19)6-12(10)15/h1-7H. The largest absolute Gasteiger partial charge is 0.298 e. The molecule has 0 heterocycles. The number of carbonyl (C=O) groups is 1. The number of hydrogen-bond donors (Lipinski definition) is 0. The highest BCUT2D eigenvalue weighted by molar-refractivity contribution is 5.85. The molecule has 0 unspecified atom stereocenters. The smallest absolute Gasteiger partial charge is 0.282 e. The van der Waals surface area contributed by atoms with Crippen molar-refractivity contribution >= 4 is 12.0 Å². The molecule has 0 atom stereocenters. The number of benzene rings is 2. The van der Waals surface area contributed by atoms with E-state index in [-0.39, 0.29) is 23.0 Å². The highest BCUT2D eigenvalue weighted by Crippen LogP contribution is 2.30. The summed E-state index contributed by atoms with van der Waals surface area (Å²) < 4.78 is 27.4. The molecule has 2 aromatic carbocycles. The number of nitro groups is 1. The van der Waals surface area contributed by atoms with E-state index in [4.69, 9.17) is 0 Å². The second-order valence-electron chi connectivity index (χ2n) is 3.75. The van der Waals surface area contributed by atoms with E-state index in [9.17, 15) is 23.7 Å². The summed E-state index contributed by atoms with van der Waals surface area (Å²) in [5, 5.41) is 10.7. The predicted molar refractivity (Wildman–Crippen MR) is 63.8 cm³/mol. The molecule has 0 N–H and O–H groups in total. The normalized spacial score (nSPS) is 10.2. The van der Waals surface area contributed by atoms with Crippen LogP contribution in [0.25, 0.3) is 11.1 Å². The first-order valence-electron chi connectivity index (χ1n) is 5.22. The van der Waals surface area contributed by atoms with Gasteiger partial charge < -0.3 is 0 Å². The average molecular weight is 263 g/mol. The van der Waals surface area contributed by atoms with E-state index in [0.717, 1.165) is 12.1 Å². The summed E-state index contributed by atoms with van der Waals surface area (Å²) in [6, 6.07) is 6.98. The molecular weight excluding hydrogens is 256 g/mol. The molecule has 6 heteroatoms. The highest BCUT2D eigenvalue weighted by atomic mass is 19.1. The van der Waals surface area contributed by atoms with Gasteiger partial charge in [0.2, 0.25) is 0 Å². The van der Waals surface area contributed by atoms with E-state index in [2.05, 4.69) is 0 Å². The minimum absolute atomic E-state index is 0.0574. The Morgan fingerprint density at radius 3 is 2.32 bits per heavy atom. The van der Waals surface area contributed by atoms with Gasteiger partial charge in [0, 0.05) is 11.1 Å². The molecule has 2 rings (SSSR count). The van der Waals surface area contributed by atoms with Crippen LogP contribution in [0.15, 0.2) is 36.4 Å². The van der Waals surface area contributed by atoms with E-state index >= 15 is 0 Å². The monoisotopic (exact) mass is 263 g/mol. The van der Waals surface area contributed by atoms with E-state index in [0.29, 0.717) is 6.07 Å². The Morgan fingerprint density at radius 2 is 1.74 bits per heavy atom. The Morgan fingerprint density at radius 1 is 1.05 bits per heavy atom. The number of hydrogen-bond acceptors (Lipinski definition) is 3. The number of nitrogens with zero attached hydrogens (tertiary/aromatic N) is 1. The average Bonchev–Trinajstić information content (AvgIpc) is 2.39. The van der Waals surface area contributed by atoms with Crippen molar-refractivity contribution in [3.8, 4) is 11.1 Å². The van der Waals surface area contributed by atoms with Crippen LogP contribution < -0.4 is 0 Å². The SMILES string of the molecule is O=Cc1cc(-c2ccccc2F)c(F)cc1[N+](=O)[O-]. The highest BCUT2D eigenvalue weighted by Gasteiger charge is 2.19. The summed E-state index contributed by atoms with van der Waals surface area (Å²) in [6.07, 6.45) is 0.238. The summed E-state index contributed by atoms with van der Waals surface area (Å²) in [5.41, 5.74) is -1.19. The first-order chi connectivity index (χ1) is 9.04. The molecule has 19 heavy (non-hydrogen) atoms. The van der Waals surface area contributed by atoms with E-state index in [1.807, 2.05) is 0 Å². The molecule has 0 amide bonds. The van der Waals surface area contributed by atoms with Gasteiger partial charge in [0.05, 0.1) is 16.6 Å². The molecule has 0 spiro atoms. The van der Waals surface area contributed by atoms with Gasteiger partial charge in [0.15, 0.2) is 6.29 Å². The Balaban J connectivity index is 2.70. The maximum Gasteiger partial charge on any atom is 0.282 e. The number of aldehydes is 1. The van der Waals surface area contributed by atoms with Gasteiger partial charge in [-0.3, -0.25) is 14.9 Å². The molecule has 0 aliphatic carbocycles. The quantitative estimate of drug-likeness (QED) is 0.484. The third-order valence-corrected chi connectivity index (χ3v) is 2.60. The number of carbonyl (C=O) groups excluding carboxylic acids is 1. The zero-order valence-electron chi connectivity index (χ0n) is 9.47. The number of rotatable bonds is 3. The zero-order valence-corrected chi connectivity index (χ0v) is 9.47. The summed E-state index contributed by atoms with van der Waals surface area (Å²) in [6.45, 7) is 0. The Hall–Kier alpha value is -2.63. The minimum atomic E-state index is -0.956. The van der Waals surface area contributed by atoms with Crippen molar-refractivity contribution in [2.45, 2.75) is 0 Å². The molecule has 0 fully saturated rings. The summed E-state index contributed by atoms with van der Waals surface area (Å²) >= 11 is 0. The molecule has 0 bridgehead atoms. The van der Waals surface area contributed by atoms with Crippen LogP contribution in [0.3, 0.4) is 0 Å². The van der Waals surface area contributed by atoms with Crippen molar-refractivity contribution in [3.05, 3.63) is 63.7 Å². The van der Waals surface area contributed by atoms with Gasteiger partial charge in [0.1, 0.15) is 11.6 Å². The lowest BCUT2D eigenvalue weighted by molar-refractivity contribution is -0.385. The molecule has 0 radical (unpaired) electrons. The van der Waals surface area contributed by atoms with Crippen molar-refractivity contribution in [2.75, 3.05) is 0 Å². The van der Waals surface area contributed by atoms with Crippen molar-refractivity contribution in [1.29, 1.82) is 0 Å². The fourth-order valence-electron chi connectivity index (χ4n) is 1.72. The first kappa shape index (κ1) is 12.8. The first-order valence-corrected chi connectivity index (χ1v) is 5.22. The van der Waals surface area contributed by atoms with Gasteiger partial charge in [-0.25, -0.2) is 8.78 Å². The second-order valence-corrected chi connectivity index (χ2v) is 3.75. The maximum absolute atomic E-state index is 13.8. The molecule has 0 saturated heterocycles. The van der Waals surface area contributed by atoms with Gasteiger partial charge in [-0.2, -0.15) is 0 Å². The second kappa shape index (κ2) is 4.93. The van der Waals surface area contributed by atoms with E-state index in [1.165, 1.54) is 18.2 Å². The molecule has 4 nitrogen and oxygen atoms in total. The van der Waals surface area contributed by atoms with E-state index < -0.39 is 22.2 Å². The minimum Gasteiger partial charge on any atom is -0.298 e. The molecular formula is C13H7F2NO3. The van der Waals surface area contributed by atoms with Gasteiger partial charge >= 0.3 is 0 Å². The molecule has 0 saturated carbocycles. The maximum atomic E-state index is 13.8. The van der Waals surface area contributed by atoms with Crippen LogP contribution >= 0.6 is 0 Å². The van der Waals surface area contributed by atoms with Crippen LogP contribution in [-0.2, 0) is 0 Å². The van der Waals surface area contributed by atoms with Crippen molar-refractivity contribution in [1.82, 2.24) is 0 Å². The van der Waals surface area contributed by atoms with Crippen molar-refractivity contribution in [2.24, 2.45) is 0 Å². The van der Waals surface area contributed by atoms with Crippen LogP contribution in [0.4, 0.5) is 14.5 Å². The zero-order chi connectivity index (χ0) is 14.0. The fourth-order valence-corrected chi connectivity index (χ4v) is 1.72. The van der Waals surface area contributed by atoms with Crippen molar-refractivity contribution in [3.63, 3.8) is 0 Å². The van der Waals surface area contributed by atoms with Crippen molar-refractivity contribution < 1.29 is 18.5 Å². The summed E-state index contributed by atoms with van der Waals surface area (Å²) in [7, 11) is 0. The third kappa shape index (κ3) is 2.33. The lowest BCUT2D eigenvalue weighted by Crippen LogP contribution is -1.98. The number of halogens is 2. The van der Waals surface area contributed by atoms with Crippen LogP contribution in [0.2, 0.25) is 0 Å². The lowest BCUT2D eigenvalue weighted by atomic mass is 10.0. The van der Waals surface area contributed by atoms with Crippen LogP contribution in [0.1, 0.15) is 10.4 Å². The fraction of sp³-hybridized carbons (Fsp3) is 0. The summed E-state index contributed by atoms with van der Waals surface area (Å²) in [5.74, 6) is -1.63. The van der Waals surface area contributed by atoms with Crippen LogP contribution in [0, 0.1) is 21.7 Å². The van der Waals surface area contributed by atoms with Crippen LogP contribution in [-0.4, -0.2) is 11.2 Å². The van der Waals surface area contributed by atoms with Gasteiger partial charge in [0.25, 0.3) is 5.69 Å². The molecule has 0 aliphatic rings. The molecule has 0 aliphatic heterocycles. The van der Waals surface area contributed by atoms with Gasteiger partial charge in [-0.05, 0) is 12.1 Å². The topological polar surface area (TPSA) is 60.2 Å².